The van der Waals surface area contributed by atoms with E-state index < -0.39 is 72.1 Å². The highest BCUT2D eigenvalue weighted by atomic mass is 19.4. The molecule has 0 aromatic heterocycles. The predicted octanol–water partition coefficient (Wildman–Crippen LogP) is 11.4. The van der Waals surface area contributed by atoms with Crippen molar-refractivity contribution in [3.8, 4) is 22.3 Å². The molecule has 0 bridgehead atoms. The number of carbonyl (C=O) groups is 2. The molecule has 0 spiro atoms. The Kier molecular flexibility index (Phi) is 14.0. The summed E-state index contributed by atoms with van der Waals surface area (Å²) >= 11 is 0. The van der Waals surface area contributed by atoms with Crippen LogP contribution in [0.3, 0.4) is 0 Å². The Hall–Kier alpha value is -3.96. The van der Waals surface area contributed by atoms with Crippen molar-refractivity contribution in [1.82, 2.24) is 0 Å². The largest absolute Gasteiger partial charge is 0.449 e. The SMILES string of the molecule is CCCCCC[C@H](OC(=O)c1ccc(-c2ccc(-c3ccc(C(=O)O[C@@H](CCCCCC)C(F)(F)F)c(F)c3)cc2)cc1F)C(F)(F)F. The lowest BCUT2D eigenvalue weighted by Crippen LogP contribution is -2.34. The summed E-state index contributed by atoms with van der Waals surface area (Å²) in [6.45, 7) is 3.81. The topological polar surface area (TPSA) is 52.6 Å². The highest BCUT2D eigenvalue weighted by Gasteiger charge is 2.43. The van der Waals surface area contributed by atoms with Crippen LogP contribution in [0.2, 0.25) is 0 Å². The summed E-state index contributed by atoms with van der Waals surface area (Å²) in [5.74, 6) is -5.01. The molecular formula is C36H38F8O4. The molecule has 4 nitrogen and oxygen atoms in total. The van der Waals surface area contributed by atoms with Gasteiger partial charge in [0.15, 0.2) is 12.2 Å². The van der Waals surface area contributed by atoms with Crippen molar-refractivity contribution in [3.63, 3.8) is 0 Å². The predicted molar refractivity (Wildman–Crippen MR) is 165 cm³/mol. The van der Waals surface area contributed by atoms with Crippen molar-refractivity contribution in [2.24, 2.45) is 0 Å². The summed E-state index contributed by atoms with van der Waals surface area (Å²) in [7, 11) is 0. The van der Waals surface area contributed by atoms with Gasteiger partial charge in [0.25, 0.3) is 0 Å². The summed E-state index contributed by atoms with van der Waals surface area (Å²) in [5, 5.41) is 0. The lowest BCUT2D eigenvalue weighted by Gasteiger charge is -2.21. The number of rotatable bonds is 16. The van der Waals surface area contributed by atoms with Crippen LogP contribution in [0.25, 0.3) is 22.3 Å². The molecule has 262 valence electrons. The molecule has 0 radical (unpaired) electrons. The van der Waals surface area contributed by atoms with Gasteiger partial charge >= 0.3 is 24.3 Å². The summed E-state index contributed by atoms with van der Waals surface area (Å²) < 4.78 is 120. The molecule has 3 rings (SSSR count). The molecule has 0 fully saturated rings. The van der Waals surface area contributed by atoms with Crippen molar-refractivity contribution in [3.05, 3.63) is 83.4 Å². The number of hydrogen-bond acceptors (Lipinski definition) is 4. The molecule has 0 saturated heterocycles. The molecule has 0 unspecified atom stereocenters. The first-order valence-electron chi connectivity index (χ1n) is 15.9. The molecule has 48 heavy (non-hydrogen) atoms. The smallest absolute Gasteiger partial charge is 0.425 e. The Balaban J connectivity index is 1.70. The van der Waals surface area contributed by atoms with E-state index in [9.17, 15) is 44.7 Å². The number of unbranched alkanes of at least 4 members (excludes halogenated alkanes) is 6. The van der Waals surface area contributed by atoms with Crippen LogP contribution < -0.4 is 0 Å². The average Bonchev–Trinajstić information content (AvgIpc) is 3.02. The van der Waals surface area contributed by atoms with Crippen molar-refractivity contribution in [2.45, 2.75) is 103 Å². The van der Waals surface area contributed by atoms with Gasteiger partial charge in [0.1, 0.15) is 11.6 Å². The van der Waals surface area contributed by atoms with E-state index in [2.05, 4.69) is 9.47 Å². The standard InChI is InChI=1S/C36H38F8O4/c1-3-5-7-9-11-31(35(39,40)41)47-33(45)27-19-17-25(21-29(27)37)23-13-15-24(16-14-23)26-18-20-28(30(38)22-26)34(46)48-32(36(42,43)44)12-10-8-6-4-2/h13-22,31-32H,3-12H2,1-2H3/t31-,32-/m0/s1. The fourth-order valence-electron chi connectivity index (χ4n) is 5.05. The minimum absolute atomic E-state index is 0.202. The van der Waals surface area contributed by atoms with Gasteiger partial charge in [0.2, 0.25) is 0 Å². The highest BCUT2D eigenvalue weighted by molar-refractivity contribution is 5.91. The molecule has 0 amide bonds. The Morgan fingerprint density at radius 1 is 0.542 bits per heavy atom. The van der Waals surface area contributed by atoms with Crippen molar-refractivity contribution in [1.29, 1.82) is 0 Å². The first-order valence-corrected chi connectivity index (χ1v) is 15.9. The van der Waals surface area contributed by atoms with Gasteiger partial charge in [-0.15, -0.1) is 0 Å². The molecule has 0 aliphatic carbocycles. The van der Waals surface area contributed by atoms with Gasteiger partial charge in [-0.05, 0) is 72.2 Å². The van der Waals surface area contributed by atoms with Crippen LogP contribution in [0.1, 0.15) is 98.8 Å². The van der Waals surface area contributed by atoms with E-state index in [1.54, 1.807) is 24.3 Å². The van der Waals surface area contributed by atoms with E-state index in [-0.39, 0.29) is 12.8 Å². The number of carbonyl (C=O) groups excluding carboxylic acids is 2. The molecule has 12 heteroatoms. The minimum Gasteiger partial charge on any atom is -0.449 e. The van der Waals surface area contributed by atoms with Crippen LogP contribution in [0, 0.1) is 11.6 Å². The fourth-order valence-corrected chi connectivity index (χ4v) is 5.05. The molecular weight excluding hydrogens is 648 g/mol. The molecule has 3 aromatic carbocycles. The van der Waals surface area contributed by atoms with Crippen LogP contribution in [0.15, 0.2) is 60.7 Å². The van der Waals surface area contributed by atoms with Gasteiger partial charge in [-0.25, -0.2) is 18.4 Å². The monoisotopic (exact) mass is 686 g/mol. The van der Waals surface area contributed by atoms with Crippen LogP contribution in [-0.2, 0) is 9.47 Å². The second kappa shape index (κ2) is 17.4. The first-order chi connectivity index (χ1) is 22.6. The Labute approximate surface area is 274 Å². The average molecular weight is 687 g/mol. The number of ether oxygens (including phenoxy) is 2. The van der Waals surface area contributed by atoms with Crippen LogP contribution in [0.4, 0.5) is 35.1 Å². The van der Waals surface area contributed by atoms with Gasteiger partial charge in [0, 0.05) is 0 Å². The first kappa shape index (κ1) is 38.5. The number of esters is 2. The van der Waals surface area contributed by atoms with E-state index >= 15 is 0 Å². The summed E-state index contributed by atoms with van der Waals surface area (Å²) in [6.07, 6.45) is -10.5. The lowest BCUT2D eigenvalue weighted by atomic mass is 9.98. The third-order valence-corrected chi connectivity index (χ3v) is 7.80. The second-order valence-electron chi connectivity index (χ2n) is 11.5. The summed E-state index contributed by atoms with van der Waals surface area (Å²) in [4.78, 5) is 24.9. The third-order valence-electron chi connectivity index (χ3n) is 7.80. The fraction of sp³-hybridized carbons (Fsp3) is 0.444. The third kappa shape index (κ3) is 11.1. The molecule has 0 aliphatic heterocycles. The number of halogens is 8. The van der Waals surface area contributed by atoms with E-state index in [0.29, 0.717) is 35.1 Å². The Bertz CT molecular complexity index is 1390. The normalized spacial score (nSPS) is 13.2. The molecule has 0 heterocycles. The highest BCUT2D eigenvalue weighted by Crippen LogP contribution is 2.32. The van der Waals surface area contributed by atoms with E-state index in [1.807, 2.05) is 13.8 Å². The Morgan fingerprint density at radius 2 is 0.875 bits per heavy atom. The van der Waals surface area contributed by atoms with E-state index in [4.69, 9.17) is 0 Å². The second-order valence-corrected chi connectivity index (χ2v) is 11.5. The van der Waals surface area contributed by atoms with Gasteiger partial charge in [-0.1, -0.05) is 88.8 Å². The minimum atomic E-state index is -4.80. The van der Waals surface area contributed by atoms with Gasteiger partial charge in [-0.2, -0.15) is 26.3 Å². The van der Waals surface area contributed by atoms with Crippen LogP contribution >= 0.6 is 0 Å². The number of alkyl halides is 6. The summed E-state index contributed by atoms with van der Waals surface area (Å²) in [6, 6.07) is 12.9. The molecule has 2 atom stereocenters. The van der Waals surface area contributed by atoms with Crippen LogP contribution in [0.5, 0.6) is 0 Å². The van der Waals surface area contributed by atoms with Crippen molar-refractivity contribution >= 4 is 11.9 Å². The van der Waals surface area contributed by atoms with Crippen LogP contribution in [-0.4, -0.2) is 36.5 Å². The molecule has 0 saturated carbocycles. The van der Waals surface area contributed by atoms with Gasteiger partial charge < -0.3 is 9.47 Å². The zero-order chi connectivity index (χ0) is 35.5. The van der Waals surface area contributed by atoms with Gasteiger partial charge in [-0.3, -0.25) is 0 Å². The molecule has 0 N–H and O–H groups in total. The molecule has 3 aromatic rings. The summed E-state index contributed by atoms with van der Waals surface area (Å²) in [5.41, 5.74) is 0.205. The van der Waals surface area contributed by atoms with Gasteiger partial charge in [0.05, 0.1) is 11.1 Å². The zero-order valence-electron chi connectivity index (χ0n) is 26.7. The lowest BCUT2D eigenvalue weighted by molar-refractivity contribution is -0.206. The maximum absolute atomic E-state index is 14.9. The van der Waals surface area contributed by atoms with E-state index in [0.717, 1.165) is 49.9 Å². The zero-order valence-corrected chi connectivity index (χ0v) is 26.7. The maximum atomic E-state index is 14.9. The maximum Gasteiger partial charge on any atom is 0.425 e. The Morgan fingerprint density at radius 3 is 1.17 bits per heavy atom. The van der Waals surface area contributed by atoms with Crippen molar-refractivity contribution < 1.29 is 54.2 Å². The molecule has 0 aliphatic rings. The van der Waals surface area contributed by atoms with Crippen molar-refractivity contribution in [2.75, 3.05) is 0 Å². The van der Waals surface area contributed by atoms with E-state index in [1.165, 1.54) is 12.1 Å². The number of benzene rings is 3. The number of hydrogen-bond donors (Lipinski definition) is 0. The quantitative estimate of drug-likeness (QED) is 0.0855.